The highest BCUT2D eigenvalue weighted by Gasteiger charge is 2.42. The summed E-state index contributed by atoms with van der Waals surface area (Å²) in [5.74, 6) is -1.59. The Bertz CT molecular complexity index is 1260. The highest BCUT2D eigenvalue weighted by molar-refractivity contribution is 5.93. The molecule has 0 bridgehead atoms. The highest BCUT2D eigenvalue weighted by atomic mass is 19.4. The maximum atomic E-state index is 14.1. The van der Waals surface area contributed by atoms with Crippen LogP contribution < -0.4 is 0 Å². The normalized spacial score (nSPS) is 16.8. The van der Waals surface area contributed by atoms with Crippen LogP contribution in [0.2, 0.25) is 0 Å². The van der Waals surface area contributed by atoms with Gasteiger partial charge in [-0.15, -0.1) is 13.2 Å². The summed E-state index contributed by atoms with van der Waals surface area (Å²) < 4.78 is 59.2. The average molecular weight is 420 g/mol. The van der Waals surface area contributed by atoms with Gasteiger partial charge < -0.3 is 14.3 Å². The summed E-state index contributed by atoms with van der Waals surface area (Å²) in [5.41, 5.74) is 0.521. The summed E-state index contributed by atoms with van der Waals surface area (Å²) in [6.07, 6.45) is -2.21. The molecule has 8 nitrogen and oxygen atoms in total. The van der Waals surface area contributed by atoms with Crippen LogP contribution in [0.1, 0.15) is 33.8 Å². The number of carbonyl (C=O) groups is 1. The fraction of sp³-hybridized carbons (Fsp3) is 0.222. The molecule has 1 atom stereocenters. The number of nitrogens with zero attached hydrogens (tertiary/aromatic N) is 5. The summed E-state index contributed by atoms with van der Waals surface area (Å²) in [6.45, 7) is 0.0724. The van der Waals surface area contributed by atoms with Crippen molar-refractivity contribution in [1.82, 2.24) is 29.6 Å². The Labute approximate surface area is 165 Å². The van der Waals surface area contributed by atoms with E-state index in [-0.39, 0.29) is 28.2 Å². The smallest absolute Gasteiger partial charge is 0.438 e. The van der Waals surface area contributed by atoms with Gasteiger partial charge in [0.15, 0.2) is 17.4 Å². The lowest BCUT2D eigenvalue weighted by Gasteiger charge is -2.33. The van der Waals surface area contributed by atoms with E-state index in [1.165, 1.54) is 29.4 Å². The molecule has 0 unspecified atom stereocenters. The van der Waals surface area contributed by atoms with Crippen LogP contribution in [0.3, 0.4) is 0 Å². The predicted molar refractivity (Wildman–Crippen MR) is 92.7 cm³/mol. The lowest BCUT2D eigenvalue weighted by molar-refractivity contribution is -0.213. The van der Waals surface area contributed by atoms with E-state index < -0.39 is 29.8 Å². The van der Waals surface area contributed by atoms with Gasteiger partial charge in [0.2, 0.25) is 5.89 Å². The minimum absolute atomic E-state index is 0.0390. The van der Waals surface area contributed by atoms with Gasteiger partial charge in [-0.25, -0.2) is 14.4 Å². The summed E-state index contributed by atoms with van der Waals surface area (Å²) >= 11 is 0. The van der Waals surface area contributed by atoms with Crippen molar-refractivity contribution in [2.75, 3.05) is 6.54 Å². The van der Waals surface area contributed by atoms with Gasteiger partial charge in [-0.2, -0.15) is 9.78 Å². The Hall–Kier alpha value is -3.70. The van der Waals surface area contributed by atoms with Gasteiger partial charge in [-0.3, -0.25) is 4.79 Å². The van der Waals surface area contributed by atoms with Gasteiger partial charge in [0.1, 0.15) is 11.2 Å². The van der Waals surface area contributed by atoms with Crippen molar-refractivity contribution in [1.29, 1.82) is 0 Å². The van der Waals surface area contributed by atoms with E-state index in [1.807, 2.05) is 0 Å². The Morgan fingerprint density at radius 2 is 2.10 bits per heavy atom. The third-order valence-corrected chi connectivity index (χ3v) is 4.91. The molecule has 0 aliphatic carbocycles. The van der Waals surface area contributed by atoms with Gasteiger partial charge >= 0.3 is 6.30 Å². The van der Waals surface area contributed by atoms with E-state index >= 15 is 0 Å². The van der Waals surface area contributed by atoms with Gasteiger partial charge in [0.25, 0.3) is 5.91 Å². The molecule has 1 amide bonds. The van der Waals surface area contributed by atoms with Crippen molar-refractivity contribution >= 4 is 17.0 Å². The number of hydrogen-bond acceptors (Lipinski definition) is 5. The maximum absolute atomic E-state index is 14.1. The van der Waals surface area contributed by atoms with Crippen LogP contribution in [0, 0.1) is 5.82 Å². The van der Waals surface area contributed by atoms with Crippen LogP contribution in [0.5, 0.6) is 0 Å². The molecule has 0 fully saturated rings. The molecule has 0 saturated carbocycles. The third kappa shape index (κ3) is 2.75. The topological polar surface area (TPSA) is 92.8 Å². The first-order valence-electron chi connectivity index (χ1n) is 8.84. The number of amides is 1. The molecule has 30 heavy (non-hydrogen) atoms. The van der Waals surface area contributed by atoms with Crippen LogP contribution in [0.15, 0.2) is 41.2 Å². The first-order chi connectivity index (χ1) is 14.3. The van der Waals surface area contributed by atoms with Gasteiger partial charge in [-0.05, 0) is 18.2 Å². The Morgan fingerprint density at radius 1 is 1.27 bits per heavy atom. The number of imidazole rings is 1. The Balaban J connectivity index is 1.63. The van der Waals surface area contributed by atoms with E-state index in [9.17, 15) is 22.4 Å². The largest absolute Gasteiger partial charge is 0.505 e. The first kappa shape index (κ1) is 18.3. The molecule has 0 radical (unpaired) electrons. The van der Waals surface area contributed by atoms with Crippen LogP contribution >= 0.6 is 0 Å². The van der Waals surface area contributed by atoms with E-state index in [0.717, 1.165) is 12.3 Å². The summed E-state index contributed by atoms with van der Waals surface area (Å²) in [4.78, 5) is 25.6. The molecule has 154 valence electrons. The zero-order valence-electron chi connectivity index (χ0n) is 15.0. The van der Waals surface area contributed by atoms with Gasteiger partial charge in [0, 0.05) is 18.7 Å². The number of rotatable bonds is 2. The minimum Gasteiger partial charge on any atom is -0.438 e. The zero-order valence-corrected chi connectivity index (χ0v) is 15.0. The molecule has 1 aliphatic heterocycles. The Morgan fingerprint density at radius 3 is 2.87 bits per heavy atom. The second kappa shape index (κ2) is 6.40. The number of halogens is 4. The summed E-state index contributed by atoms with van der Waals surface area (Å²) in [6, 6.07) is 4.11. The summed E-state index contributed by atoms with van der Waals surface area (Å²) in [7, 11) is 0. The van der Waals surface area contributed by atoms with Crippen molar-refractivity contribution in [3.05, 3.63) is 65.6 Å². The zero-order chi connectivity index (χ0) is 21.0. The number of aromatic nitrogens is 5. The lowest BCUT2D eigenvalue weighted by atomic mass is 10.0. The molecular formula is C18H12F4N6O2. The number of alkyl halides is 3. The van der Waals surface area contributed by atoms with Gasteiger partial charge in [-0.1, -0.05) is 6.07 Å². The molecule has 1 aromatic carbocycles. The lowest BCUT2D eigenvalue weighted by Crippen LogP contribution is -2.42. The molecule has 1 aliphatic rings. The molecule has 0 spiro atoms. The molecule has 1 N–H and O–H groups in total. The number of benzene rings is 1. The maximum Gasteiger partial charge on any atom is 0.505 e. The standard InChI is InChI=1S/C18H12F4N6O2/c19-9-2-1-3-12-13(9)26-16(30-12)15-14-10(23-8-24-14)5-7-27(15)17(29)11-4-6-25-28(11)18(20,21)22/h1-4,6,8,15H,5,7H2,(H,23,24)/t15-/m0/s1. The number of para-hydroxylation sites is 1. The number of carbonyl (C=O) groups excluding carboxylic acids is 1. The quantitative estimate of drug-likeness (QED) is 0.503. The molecule has 3 aromatic heterocycles. The second-order valence-corrected chi connectivity index (χ2v) is 6.65. The van der Waals surface area contributed by atoms with E-state index in [1.54, 1.807) is 0 Å². The first-order valence-corrected chi connectivity index (χ1v) is 8.84. The average Bonchev–Trinajstić information content (AvgIpc) is 3.44. The number of nitrogens with one attached hydrogen (secondary N) is 1. The van der Waals surface area contributed by atoms with Crippen LogP contribution in [0.25, 0.3) is 11.1 Å². The SMILES string of the molecule is O=C(c1ccnn1C(F)(F)F)N1CCc2[nH]cnc2[C@H]1c1nc2c(F)cccc2o1. The van der Waals surface area contributed by atoms with E-state index in [2.05, 4.69) is 20.1 Å². The molecule has 4 aromatic rings. The van der Waals surface area contributed by atoms with Crippen LogP contribution in [-0.4, -0.2) is 42.1 Å². The predicted octanol–water partition coefficient (Wildman–Crippen LogP) is 3.15. The molecular weight excluding hydrogens is 408 g/mol. The van der Waals surface area contributed by atoms with Crippen molar-refractivity contribution in [3.63, 3.8) is 0 Å². The van der Waals surface area contributed by atoms with Crippen LogP contribution in [0.4, 0.5) is 17.6 Å². The number of oxazole rings is 1. The van der Waals surface area contributed by atoms with Crippen molar-refractivity contribution in [2.45, 2.75) is 18.8 Å². The van der Waals surface area contributed by atoms with Gasteiger partial charge in [0.05, 0.1) is 18.2 Å². The molecule has 5 rings (SSSR count). The van der Waals surface area contributed by atoms with E-state index in [4.69, 9.17) is 4.42 Å². The number of H-pyrrole nitrogens is 1. The fourth-order valence-electron chi connectivity index (χ4n) is 3.61. The van der Waals surface area contributed by atoms with Crippen LogP contribution in [-0.2, 0) is 12.7 Å². The van der Waals surface area contributed by atoms with Crippen molar-refractivity contribution < 1.29 is 26.8 Å². The summed E-state index contributed by atoms with van der Waals surface area (Å²) in [5, 5.41) is 3.22. The highest BCUT2D eigenvalue weighted by Crippen LogP contribution is 2.36. The molecule has 12 heteroatoms. The number of fused-ring (bicyclic) bond motifs is 2. The van der Waals surface area contributed by atoms with Crippen molar-refractivity contribution in [2.24, 2.45) is 0 Å². The van der Waals surface area contributed by atoms with E-state index in [0.29, 0.717) is 17.8 Å². The minimum atomic E-state index is -4.86. The Kier molecular flexibility index (Phi) is 3.91. The molecule has 0 saturated heterocycles. The molecule has 4 heterocycles. The second-order valence-electron chi connectivity index (χ2n) is 6.65. The number of hydrogen-bond donors (Lipinski definition) is 1. The number of aromatic amines is 1. The third-order valence-electron chi connectivity index (χ3n) is 4.91. The van der Waals surface area contributed by atoms with Crippen molar-refractivity contribution in [3.8, 4) is 0 Å². The fourth-order valence-corrected chi connectivity index (χ4v) is 3.61. The monoisotopic (exact) mass is 420 g/mol.